The average molecular weight is 393 g/mol. The lowest BCUT2D eigenvalue weighted by Gasteiger charge is -2.37. The molecule has 1 aliphatic carbocycles. The molecule has 0 aliphatic heterocycles. The minimum absolute atomic E-state index is 0.0479. The van der Waals surface area contributed by atoms with E-state index in [1.165, 1.54) is 0 Å². The maximum absolute atomic E-state index is 13.3. The number of rotatable bonds is 4. The molecular weight excluding hydrogens is 367 g/mol. The predicted molar refractivity (Wildman–Crippen MR) is 104 cm³/mol. The van der Waals surface area contributed by atoms with Crippen LogP contribution in [0.1, 0.15) is 45.2 Å². The molecule has 0 radical (unpaired) electrons. The van der Waals surface area contributed by atoms with Gasteiger partial charge in [0, 0.05) is 36.1 Å². The SMILES string of the molecule is CC(C)C(=O)NC1CCC(N(C)c2cc(C(F)(F)F)nc3ccccc23)CC1. The molecule has 1 fully saturated rings. The Balaban J connectivity index is 1.80. The highest BCUT2D eigenvalue weighted by Crippen LogP contribution is 2.36. The topological polar surface area (TPSA) is 45.2 Å². The van der Waals surface area contributed by atoms with Crippen molar-refractivity contribution in [1.29, 1.82) is 0 Å². The van der Waals surface area contributed by atoms with Crippen molar-refractivity contribution in [3.05, 3.63) is 36.0 Å². The van der Waals surface area contributed by atoms with E-state index >= 15 is 0 Å². The lowest BCUT2D eigenvalue weighted by molar-refractivity contribution is -0.140. The molecule has 0 bridgehead atoms. The van der Waals surface area contributed by atoms with Gasteiger partial charge in [0.05, 0.1) is 5.52 Å². The van der Waals surface area contributed by atoms with Gasteiger partial charge in [0.1, 0.15) is 5.69 Å². The van der Waals surface area contributed by atoms with Crippen LogP contribution in [0.2, 0.25) is 0 Å². The number of amides is 1. The van der Waals surface area contributed by atoms with Gasteiger partial charge in [0.2, 0.25) is 5.91 Å². The first-order chi connectivity index (χ1) is 13.2. The lowest BCUT2D eigenvalue weighted by Crippen LogP contribution is -2.44. The Labute approximate surface area is 163 Å². The van der Waals surface area contributed by atoms with Crippen molar-refractivity contribution < 1.29 is 18.0 Å². The van der Waals surface area contributed by atoms with Crippen LogP contribution in [0.15, 0.2) is 30.3 Å². The second-order valence-corrected chi connectivity index (χ2v) is 7.82. The van der Waals surface area contributed by atoms with E-state index in [2.05, 4.69) is 10.3 Å². The normalized spacial score (nSPS) is 20.4. The molecule has 1 aromatic carbocycles. The van der Waals surface area contributed by atoms with Gasteiger partial charge >= 0.3 is 6.18 Å². The number of pyridine rings is 1. The Kier molecular flexibility index (Phi) is 5.82. The number of anilines is 1. The maximum atomic E-state index is 13.3. The molecule has 152 valence electrons. The molecule has 0 spiro atoms. The van der Waals surface area contributed by atoms with Crippen molar-refractivity contribution in [2.24, 2.45) is 5.92 Å². The van der Waals surface area contributed by atoms with Gasteiger partial charge < -0.3 is 10.2 Å². The van der Waals surface area contributed by atoms with Gasteiger partial charge in [-0.3, -0.25) is 4.79 Å². The van der Waals surface area contributed by atoms with E-state index in [0.717, 1.165) is 31.7 Å². The number of para-hydroxylation sites is 1. The Hall–Kier alpha value is -2.31. The summed E-state index contributed by atoms with van der Waals surface area (Å²) in [7, 11) is 1.85. The molecule has 1 heterocycles. The lowest BCUT2D eigenvalue weighted by atomic mass is 9.89. The summed E-state index contributed by atoms with van der Waals surface area (Å²) in [5.41, 5.74) is 0.0237. The average Bonchev–Trinajstić information content (AvgIpc) is 2.66. The summed E-state index contributed by atoms with van der Waals surface area (Å²) >= 11 is 0. The highest BCUT2D eigenvalue weighted by atomic mass is 19.4. The minimum Gasteiger partial charge on any atom is -0.371 e. The molecule has 0 unspecified atom stereocenters. The van der Waals surface area contributed by atoms with Crippen LogP contribution in [-0.2, 0) is 11.0 Å². The third-order valence-electron chi connectivity index (χ3n) is 5.48. The summed E-state index contributed by atoms with van der Waals surface area (Å²) in [5.74, 6) is -0.00359. The smallest absolute Gasteiger partial charge is 0.371 e. The standard InChI is InChI=1S/C21H26F3N3O/c1-13(2)20(28)25-14-8-10-15(11-9-14)27(3)18-12-19(21(22,23)24)26-17-7-5-4-6-16(17)18/h4-7,12-15H,8-11H2,1-3H3,(H,25,28). The van der Waals surface area contributed by atoms with E-state index < -0.39 is 11.9 Å². The fourth-order valence-corrected chi connectivity index (χ4v) is 3.77. The van der Waals surface area contributed by atoms with Crippen molar-refractivity contribution in [3.8, 4) is 0 Å². The number of hydrogen-bond donors (Lipinski definition) is 1. The van der Waals surface area contributed by atoms with Crippen molar-refractivity contribution >= 4 is 22.5 Å². The Morgan fingerprint density at radius 2 is 1.82 bits per heavy atom. The first-order valence-corrected chi connectivity index (χ1v) is 9.67. The fraction of sp³-hybridized carbons (Fsp3) is 0.524. The zero-order chi connectivity index (χ0) is 20.5. The van der Waals surface area contributed by atoms with Crippen LogP contribution in [0.4, 0.5) is 18.9 Å². The molecule has 3 rings (SSSR count). The maximum Gasteiger partial charge on any atom is 0.433 e. The largest absolute Gasteiger partial charge is 0.433 e. The molecule has 1 N–H and O–H groups in total. The summed E-state index contributed by atoms with van der Waals surface area (Å²) < 4.78 is 40.0. The number of fused-ring (bicyclic) bond motifs is 1. The van der Waals surface area contributed by atoms with Crippen LogP contribution in [0.5, 0.6) is 0 Å². The minimum atomic E-state index is -4.49. The Bertz CT molecular complexity index is 842. The number of carbonyl (C=O) groups excluding carboxylic acids is 1. The van der Waals surface area contributed by atoms with Crippen molar-refractivity contribution in [3.63, 3.8) is 0 Å². The number of alkyl halides is 3. The van der Waals surface area contributed by atoms with Gasteiger partial charge in [0.15, 0.2) is 0 Å². The molecule has 2 aromatic rings. The van der Waals surface area contributed by atoms with Gasteiger partial charge in [0.25, 0.3) is 0 Å². The van der Waals surface area contributed by atoms with Crippen molar-refractivity contribution in [2.45, 2.75) is 57.8 Å². The molecule has 1 saturated carbocycles. The number of aromatic nitrogens is 1. The molecule has 1 aliphatic rings. The van der Waals surface area contributed by atoms with Crippen LogP contribution >= 0.6 is 0 Å². The van der Waals surface area contributed by atoms with E-state index in [1.54, 1.807) is 12.1 Å². The molecule has 0 atom stereocenters. The van der Waals surface area contributed by atoms with Crippen molar-refractivity contribution in [2.75, 3.05) is 11.9 Å². The second-order valence-electron chi connectivity index (χ2n) is 7.82. The van der Waals surface area contributed by atoms with Crippen molar-refractivity contribution in [1.82, 2.24) is 10.3 Å². The third kappa shape index (κ3) is 4.39. The summed E-state index contributed by atoms with van der Waals surface area (Å²) in [6.45, 7) is 3.73. The Morgan fingerprint density at radius 3 is 2.43 bits per heavy atom. The Morgan fingerprint density at radius 1 is 1.18 bits per heavy atom. The highest BCUT2D eigenvalue weighted by Gasteiger charge is 2.34. The number of benzene rings is 1. The summed E-state index contributed by atoms with van der Waals surface area (Å²) in [4.78, 5) is 17.6. The first kappa shape index (κ1) is 20.4. The number of halogens is 3. The van der Waals surface area contributed by atoms with Gasteiger partial charge in [-0.15, -0.1) is 0 Å². The summed E-state index contributed by atoms with van der Waals surface area (Å²) in [5, 5.41) is 3.78. The molecule has 7 heteroatoms. The highest BCUT2D eigenvalue weighted by molar-refractivity contribution is 5.92. The van der Waals surface area contributed by atoms with Crippen LogP contribution < -0.4 is 10.2 Å². The second kappa shape index (κ2) is 7.97. The molecule has 4 nitrogen and oxygen atoms in total. The zero-order valence-corrected chi connectivity index (χ0v) is 16.4. The number of carbonyl (C=O) groups is 1. The van der Waals surface area contributed by atoms with Gasteiger partial charge in [-0.25, -0.2) is 4.98 Å². The van der Waals surface area contributed by atoms with Gasteiger partial charge in [-0.1, -0.05) is 32.0 Å². The first-order valence-electron chi connectivity index (χ1n) is 9.67. The summed E-state index contributed by atoms with van der Waals surface area (Å²) in [6.07, 6.45) is -1.21. The fourth-order valence-electron chi connectivity index (χ4n) is 3.77. The van der Waals surface area contributed by atoms with E-state index in [4.69, 9.17) is 0 Å². The molecule has 1 aromatic heterocycles. The van der Waals surface area contributed by atoms with E-state index in [-0.39, 0.29) is 23.9 Å². The predicted octanol–water partition coefficient (Wildman–Crippen LogP) is 4.77. The van der Waals surface area contributed by atoms with Gasteiger partial charge in [-0.2, -0.15) is 13.2 Å². The molecular formula is C21H26F3N3O. The number of nitrogens with zero attached hydrogens (tertiary/aromatic N) is 2. The van der Waals surface area contributed by atoms with Crippen LogP contribution in [0.3, 0.4) is 0 Å². The molecule has 28 heavy (non-hydrogen) atoms. The summed E-state index contributed by atoms with van der Waals surface area (Å²) in [6, 6.07) is 8.34. The van der Waals surface area contributed by atoms with Crippen LogP contribution in [0.25, 0.3) is 10.9 Å². The monoisotopic (exact) mass is 393 g/mol. The molecule has 0 saturated heterocycles. The number of nitrogens with one attached hydrogen (secondary N) is 1. The van der Waals surface area contributed by atoms with Gasteiger partial charge in [-0.05, 0) is 37.8 Å². The zero-order valence-electron chi connectivity index (χ0n) is 16.4. The molecule has 1 amide bonds. The van der Waals surface area contributed by atoms with Crippen LogP contribution in [0, 0.1) is 5.92 Å². The number of hydrogen-bond acceptors (Lipinski definition) is 3. The van der Waals surface area contributed by atoms with Crippen LogP contribution in [-0.4, -0.2) is 30.0 Å². The third-order valence-corrected chi connectivity index (χ3v) is 5.48. The van der Waals surface area contributed by atoms with E-state index in [0.29, 0.717) is 16.6 Å². The van der Waals surface area contributed by atoms with E-state index in [9.17, 15) is 18.0 Å². The quantitative estimate of drug-likeness (QED) is 0.814. The van der Waals surface area contributed by atoms with E-state index in [1.807, 2.05) is 37.9 Å².